The van der Waals surface area contributed by atoms with Gasteiger partial charge in [0.25, 0.3) is 0 Å². The summed E-state index contributed by atoms with van der Waals surface area (Å²) in [6.07, 6.45) is 1.74. The lowest BCUT2D eigenvalue weighted by Gasteiger charge is -2.20. The van der Waals surface area contributed by atoms with E-state index in [1.54, 1.807) is 11.3 Å². The van der Waals surface area contributed by atoms with Gasteiger partial charge in [0.05, 0.1) is 10.2 Å². The summed E-state index contributed by atoms with van der Waals surface area (Å²) in [5.41, 5.74) is 2.25. The number of aromatic nitrogens is 1. The number of rotatable bonds is 8. The molecule has 0 fully saturated rings. The minimum atomic E-state index is -0.189. The van der Waals surface area contributed by atoms with Crippen LogP contribution in [0.2, 0.25) is 0 Å². The van der Waals surface area contributed by atoms with Gasteiger partial charge >= 0.3 is 0 Å². The van der Waals surface area contributed by atoms with Gasteiger partial charge in [0, 0.05) is 32.0 Å². The molecule has 0 aliphatic carbocycles. The van der Waals surface area contributed by atoms with Crippen molar-refractivity contribution in [2.24, 2.45) is 0 Å². The van der Waals surface area contributed by atoms with Crippen molar-refractivity contribution < 1.29 is 9.47 Å². The monoisotopic (exact) mass is 294 g/mol. The average Bonchev–Trinajstić information content (AvgIpc) is 2.92. The summed E-state index contributed by atoms with van der Waals surface area (Å²) in [6.45, 7) is 8.07. The van der Waals surface area contributed by atoms with Crippen LogP contribution in [0.25, 0.3) is 10.2 Å². The van der Waals surface area contributed by atoms with Gasteiger partial charge in [-0.1, -0.05) is 0 Å². The number of hydrogen-bond acceptors (Lipinski definition) is 5. The molecule has 0 spiro atoms. The number of nitrogens with one attached hydrogen (secondary N) is 1. The highest BCUT2D eigenvalue weighted by Gasteiger charge is 2.12. The fourth-order valence-corrected chi connectivity index (χ4v) is 2.82. The molecule has 1 N–H and O–H groups in total. The molecule has 0 aromatic carbocycles. The highest BCUT2D eigenvalue weighted by molar-refractivity contribution is 7.17. The Morgan fingerprint density at radius 2 is 2.05 bits per heavy atom. The molecule has 2 rings (SSSR count). The van der Waals surface area contributed by atoms with E-state index in [4.69, 9.17) is 9.47 Å². The minimum Gasteiger partial charge on any atom is -0.352 e. The molecule has 20 heavy (non-hydrogen) atoms. The maximum atomic E-state index is 5.53. The van der Waals surface area contributed by atoms with Gasteiger partial charge in [0.15, 0.2) is 6.29 Å². The van der Waals surface area contributed by atoms with Gasteiger partial charge < -0.3 is 14.8 Å². The molecule has 5 heteroatoms. The van der Waals surface area contributed by atoms with E-state index in [0.29, 0.717) is 19.8 Å². The van der Waals surface area contributed by atoms with Crippen molar-refractivity contribution in [2.75, 3.05) is 19.8 Å². The second kappa shape index (κ2) is 7.69. The lowest BCUT2D eigenvalue weighted by molar-refractivity contribution is -0.133. The van der Waals surface area contributed by atoms with Crippen LogP contribution in [0.4, 0.5) is 0 Å². The van der Waals surface area contributed by atoms with Crippen LogP contribution in [0.3, 0.4) is 0 Å². The van der Waals surface area contributed by atoms with Gasteiger partial charge in [-0.25, -0.2) is 0 Å². The molecular formula is C15H22N2O2S. The standard InChI is InChI=1S/C15H22N2O2S/c1-4-18-15(19-5-2)10-16-11(3)12-8-14-13(17-9-12)6-7-20-14/h6-9,11,15-16H,4-5,10H2,1-3H3. The van der Waals surface area contributed by atoms with Gasteiger partial charge in [-0.2, -0.15) is 0 Å². The first kappa shape index (κ1) is 15.4. The van der Waals surface area contributed by atoms with Crippen molar-refractivity contribution in [3.63, 3.8) is 0 Å². The maximum absolute atomic E-state index is 5.53. The van der Waals surface area contributed by atoms with E-state index in [1.807, 2.05) is 26.1 Å². The number of thiophene rings is 1. The highest BCUT2D eigenvalue weighted by atomic mass is 32.1. The molecule has 0 radical (unpaired) electrons. The van der Waals surface area contributed by atoms with Crippen molar-refractivity contribution in [1.29, 1.82) is 0 Å². The zero-order chi connectivity index (χ0) is 14.4. The maximum Gasteiger partial charge on any atom is 0.169 e. The first-order chi connectivity index (χ1) is 9.74. The molecule has 1 atom stereocenters. The fraction of sp³-hybridized carbons (Fsp3) is 0.533. The lowest BCUT2D eigenvalue weighted by Crippen LogP contribution is -2.33. The number of ether oxygens (including phenoxy) is 2. The molecule has 0 saturated heterocycles. The molecule has 2 aromatic heterocycles. The van der Waals surface area contributed by atoms with Crippen LogP contribution in [0.5, 0.6) is 0 Å². The summed E-state index contributed by atoms with van der Waals surface area (Å²) in [5, 5.41) is 5.51. The van der Waals surface area contributed by atoms with Crippen molar-refractivity contribution in [2.45, 2.75) is 33.1 Å². The van der Waals surface area contributed by atoms with Crippen molar-refractivity contribution in [1.82, 2.24) is 10.3 Å². The van der Waals surface area contributed by atoms with Crippen LogP contribution in [-0.4, -0.2) is 31.0 Å². The zero-order valence-electron chi connectivity index (χ0n) is 12.3. The number of fused-ring (bicyclic) bond motifs is 1. The van der Waals surface area contributed by atoms with E-state index in [-0.39, 0.29) is 12.3 Å². The van der Waals surface area contributed by atoms with Crippen LogP contribution in [0.1, 0.15) is 32.4 Å². The summed E-state index contributed by atoms with van der Waals surface area (Å²) in [5.74, 6) is 0. The second-order valence-electron chi connectivity index (χ2n) is 4.54. The first-order valence-electron chi connectivity index (χ1n) is 7.04. The van der Waals surface area contributed by atoms with E-state index >= 15 is 0 Å². The summed E-state index contributed by atoms with van der Waals surface area (Å²) in [4.78, 5) is 4.47. The third kappa shape index (κ3) is 3.99. The van der Waals surface area contributed by atoms with Crippen LogP contribution >= 0.6 is 11.3 Å². The second-order valence-corrected chi connectivity index (χ2v) is 5.49. The van der Waals surface area contributed by atoms with Gasteiger partial charge in [0.1, 0.15) is 0 Å². The van der Waals surface area contributed by atoms with Gasteiger partial charge in [-0.15, -0.1) is 11.3 Å². The summed E-state index contributed by atoms with van der Waals surface area (Å²) >= 11 is 1.72. The smallest absolute Gasteiger partial charge is 0.169 e. The first-order valence-corrected chi connectivity index (χ1v) is 7.92. The van der Waals surface area contributed by atoms with Crippen LogP contribution in [-0.2, 0) is 9.47 Å². The average molecular weight is 294 g/mol. The molecule has 0 aliphatic heterocycles. The van der Waals surface area contributed by atoms with Crippen molar-refractivity contribution in [3.8, 4) is 0 Å². The Bertz CT molecular complexity index is 523. The number of pyridine rings is 1. The molecule has 2 aromatic rings. The number of hydrogen-bond donors (Lipinski definition) is 1. The van der Waals surface area contributed by atoms with Crippen LogP contribution in [0.15, 0.2) is 23.7 Å². The Balaban J connectivity index is 1.94. The minimum absolute atomic E-state index is 0.189. The number of nitrogens with zero attached hydrogens (tertiary/aromatic N) is 1. The zero-order valence-corrected chi connectivity index (χ0v) is 13.1. The molecular weight excluding hydrogens is 272 g/mol. The molecule has 1 unspecified atom stereocenters. The van der Waals surface area contributed by atoms with Gasteiger partial charge in [-0.05, 0) is 43.8 Å². The Morgan fingerprint density at radius 3 is 2.75 bits per heavy atom. The lowest BCUT2D eigenvalue weighted by atomic mass is 10.1. The van der Waals surface area contributed by atoms with Crippen molar-refractivity contribution in [3.05, 3.63) is 29.3 Å². The third-order valence-corrected chi connectivity index (χ3v) is 3.97. The van der Waals surface area contributed by atoms with E-state index in [1.165, 1.54) is 10.3 Å². The molecule has 2 heterocycles. The van der Waals surface area contributed by atoms with Crippen molar-refractivity contribution >= 4 is 21.6 Å². The SMILES string of the molecule is CCOC(CNC(C)c1cnc2ccsc2c1)OCC. The van der Waals surface area contributed by atoms with E-state index in [0.717, 1.165) is 5.52 Å². The Morgan fingerprint density at radius 1 is 1.30 bits per heavy atom. The predicted octanol–water partition coefficient (Wildman–Crippen LogP) is 3.35. The highest BCUT2D eigenvalue weighted by Crippen LogP contribution is 2.22. The van der Waals surface area contributed by atoms with Gasteiger partial charge in [0.2, 0.25) is 0 Å². The Labute approximate surface area is 124 Å². The molecule has 110 valence electrons. The molecule has 0 amide bonds. The van der Waals surface area contributed by atoms with Crippen LogP contribution < -0.4 is 5.32 Å². The summed E-state index contributed by atoms with van der Waals surface area (Å²) < 4.78 is 12.3. The Kier molecular flexibility index (Phi) is 5.91. The molecule has 0 aliphatic rings. The summed E-state index contributed by atoms with van der Waals surface area (Å²) in [6, 6.07) is 4.46. The normalized spacial score (nSPS) is 13.2. The van der Waals surface area contributed by atoms with E-state index < -0.39 is 0 Å². The largest absolute Gasteiger partial charge is 0.352 e. The topological polar surface area (TPSA) is 43.4 Å². The van der Waals surface area contributed by atoms with Gasteiger partial charge in [-0.3, -0.25) is 4.98 Å². The molecule has 0 bridgehead atoms. The predicted molar refractivity (Wildman–Crippen MR) is 83.1 cm³/mol. The summed E-state index contributed by atoms with van der Waals surface area (Å²) in [7, 11) is 0. The van der Waals surface area contributed by atoms with E-state index in [9.17, 15) is 0 Å². The van der Waals surface area contributed by atoms with Crippen LogP contribution in [0, 0.1) is 0 Å². The third-order valence-electron chi connectivity index (χ3n) is 3.12. The fourth-order valence-electron chi connectivity index (χ4n) is 2.03. The molecule has 0 saturated carbocycles. The quantitative estimate of drug-likeness (QED) is 0.758. The Hall–Kier alpha value is -1.01. The van der Waals surface area contributed by atoms with E-state index in [2.05, 4.69) is 28.7 Å². The molecule has 4 nitrogen and oxygen atoms in total.